The molecule has 3 amide bonds. The largest absolute Gasteiger partial charge is 0.496 e. The number of hydrogen-bond donors (Lipinski definition) is 3. The van der Waals surface area contributed by atoms with Crippen LogP contribution >= 0.6 is 11.8 Å². The van der Waals surface area contributed by atoms with Crippen molar-refractivity contribution in [2.75, 3.05) is 17.7 Å². The Hall–Kier alpha value is -4.82. The smallest absolute Gasteiger partial charge is 0.272 e. The van der Waals surface area contributed by atoms with E-state index in [1.165, 1.54) is 11.8 Å². The van der Waals surface area contributed by atoms with Crippen LogP contribution in [0.15, 0.2) is 108 Å². The zero-order valence-electron chi connectivity index (χ0n) is 23.9. The first kappa shape index (κ1) is 30.1. The third kappa shape index (κ3) is 7.89. The second kappa shape index (κ2) is 14.2. The lowest BCUT2D eigenvalue weighted by atomic mass is 10.1. The summed E-state index contributed by atoms with van der Waals surface area (Å²) in [5, 5.41) is 8.29. The fraction of sp³-hybridized carbons (Fsp3) is 0.147. The third-order valence-corrected chi connectivity index (χ3v) is 7.60. The molecule has 214 valence electrons. The van der Waals surface area contributed by atoms with E-state index in [0.29, 0.717) is 22.6 Å². The Morgan fingerprint density at radius 1 is 0.786 bits per heavy atom. The number of hydrogen-bond acceptors (Lipinski definition) is 5. The molecular weight excluding hydrogens is 546 g/mol. The fourth-order valence-electron chi connectivity index (χ4n) is 4.19. The summed E-state index contributed by atoms with van der Waals surface area (Å²) in [6.07, 6.45) is 1.58. The number of rotatable bonds is 10. The molecule has 0 saturated heterocycles. The first-order valence-electron chi connectivity index (χ1n) is 13.4. The molecule has 0 saturated carbocycles. The van der Waals surface area contributed by atoms with E-state index in [9.17, 15) is 14.4 Å². The van der Waals surface area contributed by atoms with Crippen LogP contribution in [0, 0.1) is 13.8 Å². The highest BCUT2D eigenvalue weighted by molar-refractivity contribution is 8.00. The van der Waals surface area contributed by atoms with E-state index in [1.807, 2.05) is 69.3 Å². The maximum absolute atomic E-state index is 13.4. The van der Waals surface area contributed by atoms with Crippen LogP contribution in [0.4, 0.5) is 11.4 Å². The van der Waals surface area contributed by atoms with E-state index in [1.54, 1.807) is 61.7 Å². The van der Waals surface area contributed by atoms with Gasteiger partial charge in [-0.15, -0.1) is 11.8 Å². The zero-order valence-corrected chi connectivity index (χ0v) is 24.8. The molecule has 0 aliphatic carbocycles. The van der Waals surface area contributed by atoms with Crippen molar-refractivity contribution in [3.63, 3.8) is 0 Å². The van der Waals surface area contributed by atoms with Crippen LogP contribution in [0.2, 0.25) is 0 Å². The van der Waals surface area contributed by atoms with Crippen LogP contribution in [0.1, 0.15) is 34.0 Å². The molecule has 0 radical (unpaired) electrons. The number of carbonyl (C=O) groups excluding carboxylic acids is 3. The van der Waals surface area contributed by atoms with Crippen molar-refractivity contribution in [1.29, 1.82) is 0 Å². The number of aryl methyl sites for hydroxylation is 2. The van der Waals surface area contributed by atoms with Crippen LogP contribution in [-0.2, 0) is 9.59 Å². The Morgan fingerprint density at radius 2 is 1.43 bits per heavy atom. The Balaban J connectivity index is 1.46. The molecule has 0 fully saturated rings. The molecule has 4 aromatic rings. The summed E-state index contributed by atoms with van der Waals surface area (Å²) in [5.74, 6) is -0.428. The van der Waals surface area contributed by atoms with Crippen molar-refractivity contribution in [1.82, 2.24) is 5.32 Å². The minimum atomic E-state index is -0.494. The number of carbonyl (C=O) groups is 3. The first-order chi connectivity index (χ1) is 20.2. The highest BCUT2D eigenvalue weighted by Crippen LogP contribution is 2.27. The van der Waals surface area contributed by atoms with E-state index >= 15 is 0 Å². The molecule has 42 heavy (non-hydrogen) atoms. The van der Waals surface area contributed by atoms with Gasteiger partial charge in [-0.25, -0.2) is 0 Å². The van der Waals surface area contributed by atoms with Crippen molar-refractivity contribution in [2.24, 2.45) is 0 Å². The summed E-state index contributed by atoms with van der Waals surface area (Å²) < 4.78 is 5.42. The fourth-order valence-corrected chi connectivity index (χ4v) is 5.06. The maximum atomic E-state index is 13.4. The van der Waals surface area contributed by atoms with Gasteiger partial charge in [0.05, 0.1) is 12.4 Å². The summed E-state index contributed by atoms with van der Waals surface area (Å²) in [4.78, 5) is 40.0. The zero-order chi connectivity index (χ0) is 30.1. The molecule has 0 aliphatic rings. The molecule has 4 aromatic carbocycles. The first-order valence-corrected chi connectivity index (χ1v) is 14.3. The summed E-state index contributed by atoms with van der Waals surface area (Å²) >= 11 is 1.42. The van der Waals surface area contributed by atoms with E-state index in [4.69, 9.17) is 4.74 Å². The van der Waals surface area contributed by atoms with Gasteiger partial charge in [0.15, 0.2) is 0 Å². The van der Waals surface area contributed by atoms with Crippen molar-refractivity contribution in [3.8, 4) is 5.75 Å². The number of amides is 3. The number of benzene rings is 4. The number of ether oxygens (including phenoxy) is 1. The summed E-state index contributed by atoms with van der Waals surface area (Å²) in [6, 6.07) is 29.0. The molecular formula is C34H33N3O4S. The molecule has 4 rings (SSSR count). The van der Waals surface area contributed by atoms with Gasteiger partial charge in [0.2, 0.25) is 5.91 Å². The van der Waals surface area contributed by atoms with Crippen molar-refractivity contribution in [3.05, 3.63) is 125 Å². The summed E-state index contributed by atoms with van der Waals surface area (Å²) in [6.45, 7) is 5.79. The van der Waals surface area contributed by atoms with Crippen LogP contribution in [-0.4, -0.2) is 30.1 Å². The number of thioether (sulfide) groups is 1. The van der Waals surface area contributed by atoms with Gasteiger partial charge in [0, 0.05) is 27.4 Å². The second-order valence-corrected chi connectivity index (χ2v) is 11.0. The van der Waals surface area contributed by atoms with Gasteiger partial charge < -0.3 is 20.7 Å². The lowest BCUT2D eigenvalue weighted by Crippen LogP contribution is -2.30. The predicted octanol–water partition coefficient (Wildman–Crippen LogP) is 6.84. The molecule has 0 aromatic heterocycles. The standard InChI is InChI=1S/C34H33N3O4S/c1-22-11-10-12-23(2)31(22)37-32(38)24(3)42-28-19-17-27(18-20-28)35-34(40)29(21-26-15-8-9-16-30(26)41-4)36-33(39)25-13-6-5-7-14-25/h5-21,24H,1-4H3,(H,35,40)(H,36,39)(H,37,38)/b29-21-. The second-order valence-electron chi connectivity index (χ2n) is 9.61. The Morgan fingerprint density at radius 3 is 2.10 bits per heavy atom. The van der Waals surface area contributed by atoms with E-state index in [2.05, 4.69) is 16.0 Å². The number of anilines is 2. The SMILES string of the molecule is COc1ccccc1/C=C(\NC(=O)c1ccccc1)C(=O)Nc1ccc(SC(C)C(=O)Nc2c(C)cccc2C)cc1. The van der Waals surface area contributed by atoms with Gasteiger partial charge >= 0.3 is 0 Å². The lowest BCUT2D eigenvalue weighted by molar-refractivity contribution is -0.115. The molecule has 0 spiro atoms. The third-order valence-electron chi connectivity index (χ3n) is 6.49. The monoisotopic (exact) mass is 579 g/mol. The van der Waals surface area contributed by atoms with Crippen LogP contribution in [0.25, 0.3) is 6.08 Å². The highest BCUT2D eigenvalue weighted by Gasteiger charge is 2.18. The normalized spacial score (nSPS) is 11.8. The van der Waals surface area contributed by atoms with Gasteiger partial charge in [-0.3, -0.25) is 14.4 Å². The topological polar surface area (TPSA) is 96.5 Å². The molecule has 0 heterocycles. The molecule has 8 heteroatoms. The van der Waals surface area contributed by atoms with Gasteiger partial charge in [-0.05, 0) is 80.4 Å². The van der Waals surface area contributed by atoms with Crippen molar-refractivity contribution < 1.29 is 19.1 Å². The van der Waals surface area contributed by atoms with Crippen molar-refractivity contribution in [2.45, 2.75) is 30.9 Å². The van der Waals surface area contributed by atoms with Crippen LogP contribution < -0.4 is 20.7 Å². The average molecular weight is 580 g/mol. The van der Waals surface area contributed by atoms with Crippen molar-refractivity contribution >= 4 is 46.9 Å². The summed E-state index contributed by atoms with van der Waals surface area (Å²) in [7, 11) is 1.54. The molecule has 0 aliphatic heterocycles. The molecule has 1 unspecified atom stereocenters. The Labute approximate surface area is 250 Å². The minimum Gasteiger partial charge on any atom is -0.496 e. The van der Waals surface area contributed by atoms with Gasteiger partial charge in [-0.1, -0.05) is 54.6 Å². The van der Waals surface area contributed by atoms with E-state index < -0.39 is 11.8 Å². The van der Waals surface area contributed by atoms with Crippen LogP contribution in [0.5, 0.6) is 5.75 Å². The molecule has 3 N–H and O–H groups in total. The minimum absolute atomic E-state index is 0.0589. The number of nitrogens with one attached hydrogen (secondary N) is 3. The van der Waals surface area contributed by atoms with Gasteiger partial charge in [0.1, 0.15) is 11.4 Å². The average Bonchev–Trinajstić information content (AvgIpc) is 3.00. The molecule has 7 nitrogen and oxygen atoms in total. The van der Waals surface area contributed by atoms with Gasteiger partial charge in [0.25, 0.3) is 11.8 Å². The highest BCUT2D eigenvalue weighted by atomic mass is 32.2. The van der Waals surface area contributed by atoms with E-state index in [-0.39, 0.29) is 16.9 Å². The number of methoxy groups -OCH3 is 1. The van der Waals surface area contributed by atoms with E-state index in [0.717, 1.165) is 21.7 Å². The van der Waals surface area contributed by atoms with Gasteiger partial charge in [-0.2, -0.15) is 0 Å². The quantitative estimate of drug-likeness (QED) is 0.141. The Bertz CT molecular complexity index is 1580. The van der Waals surface area contributed by atoms with Crippen LogP contribution in [0.3, 0.4) is 0 Å². The molecule has 1 atom stereocenters. The maximum Gasteiger partial charge on any atom is 0.272 e. The Kier molecular flexibility index (Phi) is 10.2. The lowest BCUT2D eigenvalue weighted by Gasteiger charge is -2.16. The summed E-state index contributed by atoms with van der Waals surface area (Å²) in [5.41, 5.74) is 4.52. The predicted molar refractivity (Wildman–Crippen MR) is 170 cm³/mol. The molecule has 0 bridgehead atoms. The number of para-hydroxylation sites is 2.